The quantitative estimate of drug-likeness (QED) is 0.575. The van der Waals surface area contributed by atoms with Gasteiger partial charge in [0.15, 0.2) is 4.80 Å². The second-order valence-electron chi connectivity index (χ2n) is 5.69. The highest BCUT2D eigenvalue weighted by molar-refractivity contribution is 7.16. The maximum absolute atomic E-state index is 13.6. The molecule has 0 radical (unpaired) electrons. The predicted octanol–water partition coefficient (Wildman–Crippen LogP) is 4.02. The Morgan fingerprint density at radius 2 is 2.00 bits per heavy atom. The fourth-order valence-corrected chi connectivity index (χ4v) is 3.80. The molecule has 1 heterocycles. The number of rotatable bonds is 7. The van der Waals surface area contributed by atoms with Crippen LogP contribution < -0.4 is 9.54 Å². The Hall–Kier alpha value is -2.51. The van der Waals surface area contributed by atoms with Crippen LogP contribution in [-0.4, -0.2) is 30.3 Å². The van der Waals surface area contributed by atoms with Crippen molar-refractivity contribution in [1.82, 2.24) is 4.57 Å². The molecule has 27 heavy (non-hydrogen) atoms. The van der Waals surface area contributed by atoms with E-state index in [4.69, 9.17) is 9.47 Å². The van der Waals surface area contributed by atoms with Crippen LogP contribution in [0.15, 0.2) is 47.5 Å². The maximum Gasteiger partial charge on any atom is 0.283 e. The summed E-state index contributed by atoms with van der Waals surface area (Å²) in [5.74, 6) is -0.210. The van der Waals surface area contributed by atoms with E-state index >= 15 is 0 Å². The van der Waals surface area contributed by atoms with Gasteiger partial charge in [-0.25, -0.2) is 4.39 Å². The summed E-state index contributed by atoms with van der Waals surface area (Å²) in [6.07, 6.45) is 0. The molecule has 0 aliphatic heterocycles. The Bertz CT molecular complexity index is 1010. The van der Waals surface area contributed by atoms with Crippen LogP contribution in [0.2, 0.25) is 0 Å². The normalized spacial score (nSPS) is 11.9. The smallest absolute Gasteiger partial charge is 0.283 e. The van der Waals surface area contributed by atoms with Crippen LogP contribution >= 0.6 is 11.3 Å². The fourth-order valence-electron chi connectivity index (χ4n) is 2.72. The standard InChI is InChI=1S/C20H21FN2O3S/c1-3-25-12-11-23-16-10-9-14(21)13-18(16)27-20(23)22-19(24)15-7-5-6-8-17(15)26-4-2/h5-10,13H,3-4,11-12H2,1-2H3. The number of fused-ring (bicyclic) bond motifs is 1. The minimum atomic E-state index is -0.392. The molecule has 0 saturated heterocycles. The molecule has 5 nitrogen and oxygen atoms in total. The third-order valence-electron chi connectivity index (χ3n) is 3.92. The number of hydrogen-bond donors (Lipinski definition) is 0. The Balaban J connectivity index is 2.06. The summed E-state index contributed by atoms with van der Waals surface area (Å²) in [5.41, 5.74) is 1.23. The second kappa shape index (κ2) is 8.92. The van der Waals surface area contributed by atoms with Crippen molar-refractivity contribution in [3.63, 3.8) is 0 Å². The van der Waals surface area contributed by atoms with E-state index in [9.17, 15) is 9.18 Å². The molecule has 1 amide bonds. The second-order valence-corrected chi connectivity index (χ2v) is 6.70. The third kappa shape index (κ3) is 4.43. The Morgan fingerprint density at radius 3 is 2.78 bits per heavy atom. The molecule has 0 atom stereocenters. The van der Waals surface area contributed by atoms with Gasteiger partial charge >= 0.3 is 0 Å². The average molecular weight is 388 g/mol. The van der Waals surface area contributed by atoms with Gasteiger partial charge in [0, 0.05) is 13.2 Å². The van der Waals surface area contributed by atoms with E-state index in [1.807, 2.05) is 24.5 Å². The number of hydrogen-bond acceptors (Lipinski definition) is 4. The molecule has 0 spiro atoms. The van der Waals surface area contributed by atoms with Gasteiger partial charge in [-0.2, -0.15) is 4.99 Å². The lowest BCUT2D eigenvalue weighted by Gasteiger charge is -2.07. The molecular formula is C20H21FN2O3S. The van der Waals surface area contributed by atoms with Crippen molar-refractivity contribution >= 4 is 27.5 Å². The average Bonchev–Trinajstić information content (AvgIpc) is 2.99. The summed E-state index contributed by atoms with van der Waals surface area (Å²) < 4.78 is 27.2. The van der Waals surface area contributed by atoms with Crippen LogP contribution in [0.5, 0.6) is 5.75 Å². The number of carbonyl (C=O) groups excluding carboxylic acids is 1. The van der Waals surface area contributed by atoms with Crippen LogP contribution in [-0.2, 0) is 11.3 Å². The van der Waals surface area contributed by atoms with E-state index in [1.54, 1.807) is 24.3 Å². The number of carbonyl (C=O) groups is 1. The van der Waals surface area contributed by atoms with E-state index in [1.165, 1.54) is 23.5 Å². The molecule has 0 aliphatic rings. The van der Waals surface area contributed by atoms with Crippen molar-refractivity contribution in [1.29, 1.82) is 0 Å². The van der Waals surface area contributed by atoms with E-state index in [0.29, 0.717) is 42.5 Å². The van der Waals surface area contributed by atoms with E-state index in [-0.39, 0.29) is 5.82 Å². The lowest BCUT2D eigenvalue weighted by Crippen LogP contribution is -2.20. The Labute approximate surface area is 160 Å². The molecule has 1 aromatic heterocycles. The van der Waals surface area contributed by atoms with Gasteiger partial charge in [-0.05, 0) is 44.2 Å². The van der Waals surface area contributed by atoms with Gasteiger partial charge in [0.2, 0.25) is 0 Å². The molecule has 0 N–H and O–H groups in total. The van der Waals surface area contributed by atoms with Gasteiger partial charge in [0.1, 0.15) is 11.6 Å². The number of aromatic nitrogens is 1. The summed E-state index contributed by atoms with van der Waals surface area (Å²) >= 11 is 1.28. The van der Waals surface area contributed by atoms with Crippen molar-refractivity contribution in [2.75, 3.05) is 19.8 Å². The van der Waals surface area contributed by atoms with Crippen molar-refractivity contribution < 1.29 is 18.7 Å². The van der Waals surface area contributed by atoms with Crippen molar-refractivity contribution in [2.24, 2.45) is 4.99 Å². The zero-order valence-electron chi connectivity index (χ0n) is 15.3. The summed E-state index contributed by atoms with van der Waals surface area (Å²) in [5, 5.41) is 0. The number of ether oxygens (including phenoxy) is 2. The van der Waals surface area contributed by atoms with E-state index < -0.39 is 5.91 Å². The Morgan fingerprint density at radius 1 is 1.19 bits per heavy atom. The fraction of sp³-hybridized carbons (Fsp3) is 0.300. The minimum absolute atomic E-state index is 0.319. The summed E-state index contributed by atoms with van der Waals surface area (Å²) in [6.45, 7) is 5.85. The zero-order chi connectivity index (χ0) is 19.2. The van der Waals surface area contributed by atoms with Gasteiger partial charge in [-0.1, -0.05) is 23.5 Å². The third-order valence-corrected chi connectivity index (χ3v) is 4.96. The number of nitrogens with zero attached hydrogens (tertiary/aromatic N) is 2. The van der Waals surface area contributed by atoms with E-state index in [0.717, 1.165) is 10.2 Å². The number of thiazole rings is 1. The first-order chi connectivity index (χ1) is 13.1. The molecule has 7 heteroatoms. The molecule has 142 valence electrons. The van der Waals surface area contributed by atoms with Gasteiger partial charge in [0.05, 0.1) is 29.0 Å². The van der Waals surface area contributed by atoms with Crippen molar-refractivity contribution in [2.45, 2.75) is 20.4 Å². The molecule has 0 bridgehead atoms. The SMILES string of the molecule is CCOCCn1c(=NC(=O)c2ccccc2OCC)sc2cc(F)ccc21. The highest BCUT2D eigenvalue weighted by Crippen LogP contribution is 2.21. The predicted molar refractivity (Wildman–Crippen MR) is 104 cm³/mol. The lowest BCUT2D eigenvalue weighted by molar-refractivity contribution is 0.0993. The van der Waals surface area contributed by atoms with Crippen LogP contribution in [0.1, 0.15) is 24.2 Å². The first kappa shape index (κ1) is 19.3. The summed E-state index contributed by atoms with van der Waals surface area (Å²) in [6, 6.07) is 11.6. The lowest BCUT2D eigenvalue weighted by atomic mass is 10.2. The molecular weight excluding hydrogens is 367 g/mol. The number of para-hydroxylation sites is 1. The molecule has 2 aromatic carbocycles. The maximum atomic E-state index is 13.6. The first-order valence-electron chi connectivity index (χ1n) is 8.81. The van der Waals surface area contributed by atoms with Crippen molar-refractivity contribution in [3.05, 3.63) is 58.6 Å². The zero-order valence-corrected chi connectivity index (χ0v) is 16.1. The van der Waals surface area contributed by atoms with Gasteiger partial charge in [-0.3, -0.25) is 4.79 Å². The highest BCUT2D eigenvalue weighted by atomic mass is 32.1. The highest BCUT2D eigenvalue weighted by Gasteiger charge is 2.13. The number of halogens is 1. The van der Waals surface area contributed by atoms with Gasteiger partial charge in [-0.15, -0.1) is 0 Å². The van der Waals surface area contributed by atoms with Crippen LogP contribution in [0.4, 0.5) is 4.39 Å². The number of amides is 1. The van der Waals surface area contributed by atoms with Crippen molar-refractivity contribution in [3.8, 4) is 5.75 Å². The van der Waals surface area contributed by atoms with E-state index in [2.05, 4.69) is 4.99 Å². The molecule has 0 unspecified atom stereocenters. The summed E-state index contributed by atoms with van der Waals surface area (Å²) in [4.78, 5) is 17.6. The monoisotopic (exact) mass is 388 g/mol. The largest absolute Gasteiger partial charge is 0.493 e. The molecule has 0 fully saturated rings. The molecule has 3 rings (SSSR count). The summed E-state index contributed by atoms with van der Waals surface area (Å²) in [7, 11) is 0. The number of benzene rings is 2. The van der Waals surface area contributed by atoms with Crippen LogP contribution in [0.3, 0.4) is 0 Å². The molecule has 3 aromatic rings. The Kier molecular flexibility index (Phi) is 6.36. The topological polar surface area (TPSA) is 52.8 Å². The minimum Gasteiger partial charge on any atom is -0.493 e. The molecule has 0 saturated carbocycles. The van der Waals surface area contributed by atoms with Gasteiger partial charge in [0.25, 0.3) is 5.91 Å². The van der Waals surface area contributed by atoms with Crippen LogP contribution in [0.25, 0.3) is 10.2 Å². The van der Waals surface area contributed by atoms with Crippen LogP contribution in [0, 0.1) is 5.82 Å². The van der Waals surface area contributed by atoms with Gasteiger partial charge < -0.3 is 14.0 Å². The molecule has 0 aliphatic carbocycles. The first-order valence-corrected chi connectivity index (χ1v) is 9.63.